The second-order valence-corrected chi connectivity index (χ2v) is 9.03. The highest BCUT2D eigenvalue weighted by Crippen LogP contribution is 2.25. The number of piperidine rings is 1. The van der Waals surface area contributed by atoms with E-state index in [0.717, 1.165) is 11.1 Å². The lowest BCUT2D eigenvalue weighted by Crippen LogP contribution is -2.54. The molecule has 0 aliphatic carbocycles. The first-order chi connectivity index (χ1) is 16.4. The van der Waals surface area contributed by atoms with Gasteiger partial charge in [0.15, 0.2) is 0 Å². The molecule has 4 rings (SSSR count). The average Bonchev–Trinajstić information content (AvgIpc) is 2.85. The van der Waals surface area contributed by atoms with Crippen molar-refractivity contribution in [3.05, 3.63) is 64.7 Å². The molecule has 0 radical (unpaired) electrons. The summed E-state index contributed by atoms with van der Waals surface area (Å²) in [6.07, 6.45) is 1.41. The molecule has 0 saturated carbocycles. The first-order valence-electron chi connectivity index (χ1n) is 11.5. The number of nitrogens with zero attached hydrogens (tertiary/aromatic N) is 2. The zero-order chi connectivity index (χ0) is 24.1. The molecular weight excluding hydrogens is 456 g/mol. The third-order valence-electron chi connectivity index (χ3n) is 6.36. The minimum atomic E-state index is -0.824. The Balaban J connectivity index is 1.45. The lowest BCUT2D eigenvalue weighted by molar-refractivity contribution is -0.147. The molecule has 0 spiro atoms. The fourth-order valence-electron chi connectivity index (χ4n) is 4.51. The largest absolute Gasteiger partial charge is 0.370 e. The molecule has 2 fully saturated rings. The molecule has 0 bridgehead atoms. The van der Waals surface area contributed by atoms with Gasteiger partial charge < -0.3 is 25.2 Å². The maximum absolute atomic E-state index is 13.6. The van der Waals surface area contributed by atoms with E-state index < -0.39 is 12.1 Å². The number of hydrogen-bond donors (Lipinski definition) is 2. The number of aryl methyl sites for hydroxylation is 1. The monoisotopic (exact) mass is 484 g/mol. The highest BCUT2D eigenvalue weighted by atomic mass is 35.5. The summed E-state index contributed by atoms with van der Waals surface area (Å²) >= 11 is 5.92. The minimum Gasteiger partial charge on any atom is -0.370 e. The normalized spacial score (nSPS) is 17.9. The van der Waals surface area contributed by atoms with E-state index in [4.69, 9.17) is 16.3 Å². The van der Waals surface area contributed by atoms with Crippen molar-refractivity contribution < 1.29 is 19.1 Å². The molecule has 4 amide bonds. The van der Waals surface area contributed by atoms with Gasteiger partial charge in [0.1, 0.15) is 12.6 Å². The van der Waals surface area contributed by atoms with E-state index in [1.165, 1.54) is 0 Å². The Morgan fingerprint density at radius 3 is 2.44 bits per heavy atom. The number of hydrogen-bond acceptors (Lipinski definition) is 4. The summed E-state index contributed by atoms with van der Waals surface area (Å²) in [5.41, 5.74) is 2.25. The third-order valence-corrected chi connectivity index (χ3v) is 6.62. The maximum Gasteiger partial charge on any atom is 0.320 e. The smallest absolute Gasteiger partial charge is 0.320 e. The van der Waals surface area contributed by atoms with Crippen molar-refractivity contribution >= 4 is 35.1 Å². The van der Waals surface area contributed by atoms with Crippen LogP contribution in [0.2, 0.25) is 5.02 Å². The van der Waals surface area contributed by atoms with Crippen LogP contribution in [0, 0.1) is 6.92 Å². The number of rotatable bonds is 5. The zero-order valence-corrected chi connectivity index (χ0v) is 19.9. The van der Waals surface area contributed by atoms with E-state index in [9.17, 15) is 14.4 Å². The zero-order valence-electron chi connectivity index (χ0n) is 19.1. The van der Waals surface area contributed by atoms with Gasteiger partial charge in [0, 0.05) is 36.4 Å². The third kappa shape index (κ3) is 5.69. The molecule has 2 N–H and O–H groups in total. The SMILES string of the molecule is Cc1ccccc1C(NC(=O)Nc1ccc(Cl)cc1)C(=O)N1CCC(N2CCOCC2=O)CC1. The topological polar surface area (TPSA) is 91.0 Å². The first kappa shape index (κ1) is 24.0. The van der Waals surface area contributed by atoms with Gasteiger partial charge in [-0.2, -0.15) is 0 Å². The Bertz CT molecular complexity index is 1040. The summed E-state index contributed by atoms with van der Waals surface area (Å²) in [6.45, 7) is 4.24. The fourth-order valence-corrected chi connectivity index (χ4v) is 4.64. The second-order valence-electron chi connectivity index (χ2n) is 8.59. The first-order valence-corrected chi connectivity index (χ1v) is 11.8. The van der Waals surface area contributed by atoms with Crippen LogP contribution < -0.4 is 10.6 Å². The number of likely N-dealkylation sites (tertiary alicyclic amines) is 1. The number of carbonyl (C=O) groups excluding carboxylic acids is 3. The van der Waals surface area contributed by atoms with Gasteiger partial charge in [-0.05, 0) is 55.2 Å². The Morgan fingerprint density at radius 2 is 1.76 bits per heavy atom. The Hall–Kier alpha value is -3.10. The molecule has 0 aromatic heterocycles. The molecule has 2 aliphatic heterocycles. The van der Waals surface area contributed by atoms with Gasteiger partial charge in [0.05, 0.1) is 6.61 Å². The van der Waals surface area contributed by atoms with Gasteiger partial charge in [-0.25, -0.2) is 4.79 Å². The Labute approximate surface area is 204 Å². The van der Waals surface area contributed by atoms with E-state index in [-0.39, 0.29) is 24.5 Å². The van der Waals surface area contributed by atoms with Crippen LogP contribution in [-0.2, 0) is 14.3 Å². The van der Waals surface area contributed by atoms with Crippen molar-refractivity contribution in [2.75, 3.05) is 38.2 Å². The summed E-state index contributed by atoms with van der Waals surface area (Å²) in [5.74, 6) is -0.151. The molecule has 8 nitrogen and oxygen atoms in total. The minimum absolute atomic E-state index is 0.00866. The molecule has 2 saturated heterocycles. The summed E-state index contributed by atoms with van der Waals surface area (Å²) in [7, 11) is 0. The molecule has 9 heteroatoms. The number of anilines is 1. The summed E-state index contributed by atoms with van der Waals surface area (Å²) in [5, 5.41) is 6.20. The number of carbonyl (C=O) groups is 3. The number of amides is 4. The lowest BCUT2D eigenvalue weighted by Gasteiger charge is -2.41. The van der Waals surface area contributed by atoms with Crippen molar-refractivity contribution in [3.8, 4) is 0 Å². The van der Waals surface area contributed by atoms with E-state index in [2.05, 4.69) is 10.6 Å². The highest BCUT2D eigenvalue weighted by molar-refractivity contribution is 6.30. The van der Waals surface area contributed by atoms with Crippen molar-refractivity contribution in [1.29, 1.82) is 0 Å². The van der Waals surface area contributed by atoms with Crippen molar-refractivity contribution in [2.24, 2.45) is 0 Å². The molecule has 2 aromatic carbocycles. The van der Waals surface area contributed by atoms with Crippen LogP contribution in [0.4, 0.5) is 10.5 Å². The van der Waals surface area contributed by atoms with Crippen LogP contribution >= 0.6 is 11.6 Å². The van der Waals surface area contributed by atoms with Crippen molar-refractivity contribution in [2.45, 2.75) is 31.8 Å². The number of morpholine rings is 1. The molecule has 1 unspecified atom stereocenters. The van der Waals surface area contributed by atoms with Gasteiger partial charge in [-0.1, -0.05) is 35.9 Å². The van der Waals surface area contributed by atoms with Gasteiger partial charge in [0.25, 0.3) is 0 Å². The number of nitrogens with one attached hydrogen (secondary N) is 2. The fraction of sp³-hybridized carbons (Fsp3) is 0.400. The number of ether oxygens (including phenoxy) is 1. The summed E-state index contributed by atoms with van der Waals surface area (Å²) < 4.78 is 5.23. The predicted octanol–water partition coefficient (Wildman–Crippen LogP) is 3.36. The Morgan fingerprint density at radius 1 is 1.06 bits per heavy atom. The molecule has 2 heterocycles. The number of benzene rings is 2. The number of halogens is 1. The van der Waals surface area contributed by atoms with Crippen LogP contribution in [0.3, 0.4) is 0 Å². The molecule has 1 atom stereocenters. The van der Waals surface area contributed by atoms with E-state index in [1.807, 2.05) is 36.1 Å². The summed E-state index contributed by atoms with van der Waals surface area (Å²) in [4.78, 5) is 42.2. The van der Waals surface area contributed by atoms with Gasteiger partial charge in [-0.15, -0.1) is 0 Å². The van der Waals surface area contributed by atoms with E-state index in [1.54, 1.807) is 29.2 Å². The molecule has 180 valence electrons. The summed E-state index contributed by atoms with van der Waals surface area (Å²) in [6, 6.07) is 13.1. The van der Waals surface area contributed by atoms with E-state index >= 15 is 0 Å². The number of urea groups is 1. The standard InChI is InChI=1S/C25H29ClN4O4/c1-17-4-2-3-5-21(17)23(28-25(33)27-19-8-6-18(26)7-9-19)24(32)29-12-10-20(11-13-29)30-14-15-34-16-22(30)31/h2-9,20,23H,10-16H2,1H3,(H2,27,28,33). The van der Waals surface area contributed by atoms with Crippen molar-refractivity contribution in [3.63, 3.8) is 0 Å². The maximum atomic E-state index is 13.6. The molecular formula is C25H29ClN4O4. The molecule has 2 aromatic rings. The van der Waals surface area contributed by atoms with Crippen LogP contribution in [0.1, 0.15) is 30.0 Å². The van der Waals surface area contributed by atoms with Crippen LogP contribution in [0.25, 0.3) is 0 Å². The van der Waals surface area contributed by atoms with Crippen LogP contribution in [0.15, 0.2) is 48.5 Å². The quantitative estimate of drug-likeness (QED) is 0.680. The lowest BCUT2D eigenvalue weighted by atomic mass is 9.97. The molecule has 34 heavy (non-hydrogen) atoms. The predicted molar refractivity (Wildman–Crippen MR) is 130 cm³/mol. The van der Waals surface area contributed by atoms with Gasteiger partial charge in [-0.3, -0.25) is 9.59 Å². The van der Waals surface area contributed by atoms with Crippen LogP contribution in [0.5, 0.6) is 0 Å². The van der Waals surface area contributed by atoms with Crippen molar-refractivity contribution in [1.82, 2.24) is 15.1 Å². The Kier molecular flexibility index (Phi) is 7.70. The average molecular weight is 485 g/mol. The van der Waals surface area contributed by atoms with Gasteiger partial charge in [0.2, 0.25) is 11.8 Å². The van der Waals surface area contributed by atoms with Gasteiger partial charge >= 0.3 is 6.03 Å². The molecule has 2 aliphatic rings. The highest BCUT2D eigenvalue weighted by Gasteiger charge is 2.34. The van der Waals surface area contributed by atoms with Crippen LogP contribution in [-0.4, -0.2) is 66.5 Å². The van der Waals surface area contributed by atoms with E-state index in [0.29, 0.717) is 49.8 Å². The second kappa shape index (κ2) is 10.9.